The van der Waals surface area contributed by atoms with Crippen molar-refractivity contribution in [2.45, 2.75) is 77.4 Å². The average molecular weight is 346 g/mol. The van der Waals surface area contributed by atoms with E-state index in [4.69, 9.17) is 0 Å². The molecule has 0 spiro atoms. The molecule has 25 heavy (non-hydrogen) atoms. The SMILES string of the molecule is C[C@H](O)[C@@]1(O)CC[C@H]2[C@@H]3CCC4=CC(=O)CC[C@]4(C)[C@H]3C(=O)C[C@@]21C. The van der Waals surface area contributed by atoms with Crippen LogP contribution in [0.25, 0.3) is 0 Å². The highest BCUT2D eigenvalue weighted by atomic mass is 16.3. The topological polar surface area (TPSA) is 74.6 Å². The molecule has 4 heteroatoms. The zero-order valence-corrected chi connectivity index (χ0v) is 15.5. The second-order valence-electron chi connectivity index (χ2n) is 9.54. The molecule has 0 aromatic heterocycles. The van der Waals surface area contributed by atoms with Gasteiger partial charge in [-0.1, -0.05) is 19.4 Å². The maximum atomic E-state index is 13.3. The quantitative estimate of drug-likeness (QED) is 0.766. The van der Waals surface area contributed by atoms with Crippen molar-refractivity contribution in [2.24, 2.45) is 28.6 Å². The molecule has 4 aliphatic rings. The molecule has 0 unspecified atom stereocenters. The van der Waals surface area contributed by atoms with Crippen LogP contribution in [-0.2, 0) is 9.59 Å². The van der Waals surface area contributed by atoms with Crippen LogP contribution in [0.2, 0.25) is 0 Å². The molecule has 138 valence electrons. The van der Waals surface area contributed by atoms with Gasteiger partial charge in [-0.3, -0.25) is 9.59 Å². The molecule has 4 rings (SSSR count). The number of hydrogen-bond donors (Lipinski definition) is 2. The monoisotopic (exact) mass is 346 g/mol. The zero-order chi connectivity index (χ0) is 18.2. The number of aliphatic hydroxyl groups excluding tert-OH is 1. The van der Waals surface area contributed by atoms with Gasteiger partial charge in [0.2, 0.25) is 0 Å². The van der Waals surface area contributed by atoms with Crippen molar-refractivity contribution in [3.63, 3.8) is 0 Å². The number of carbonyl (C=O) groups is 2. The Kier molecular flexibility index (Phi) is 3.66. The Morgan fingerprint density at radius 2 is 1.88 bits per heavy atom. The van der Waals surface area contributed by atoms with E-state index in [1.54, 1.807) is 6.92 Å². The molecule has 0 aromatic carbocycles. The lowest BCUT2D eigenvalue weighted by Gasteiger charge is -2.58. The Bertz CT molecular complexity index is 665. The largest absolute Gasteiger partial charge is 0.390 e. The zero-order valence-electron chi connectivity index (χ0n) is 15.5. The van der Waals surface area contributed by atoms with E-state index >= 15 is 0 Å². The summed E-state index contributed by atoms with van der Waals surface area (Å²) in [6.07, 6.45) is 5.88. The molecule has 2 N–H and O–H groups in total. The minimum Gasteiger partial charge on any atom is -0.390 e. The van der Waals surface area contributed by atoms with Crippen LogP contribution in [0.5, 0.6) is 0 Å². The van der Waals surface area contributed by atoms with Crippen molar-refractivity contribution in [2.75, 3.05) is 0 Å². The van der Waals surface area contributed by atoms with E-state index in [-0.39, 0.29) is 34.7 Å². The van der Waals surface area contributed by atoms with Crippen LogP contribution >= 0.6 is 0 Å². The van der Waals surface area contributed by atoms with Gasteiger partial charge in [0, 0.05) is 24.2 Å². The van der Waals surface area contributed by atoms with Gasteiger partial charge in [-0.2, -0.15) is 0 Å². The summed E-state index contributed by atoms with van der Waals surface area (Å²) in [5.41, 5.74) is -0.731. The molecule has 4 nitrogen and oxygen atoms in total. The van der Waals surface area contributed by atoms with Gasteiger partial charge < -0.3 is 10.2 Å². The van der Waals surface area contributed by atoms with Gasteiger partial charge in [-0.05, 0) is 62.4 Å². The number of aliphatic hydroxyl groups is 2. The number of ketones is 2. The van der Waals surface area contributed by atoms with Gasteiger partial charge in [-0.15, -0.1) is 0 Å². The molecular weight excluding hydrogens is 316 g/mol. The van der Waals surface area contributed by atoms with Gasteiger partial charge in [0.1, 0.15) is 5.78 Å². The molecule has 3 saturated carbocycles. The molecule has 0 bridgehead atoms. The Labute approximate surface area is 149 Å². The molecule has 0 saturated heterocycles. The van der Waals surface area contributed by atoms with E-state index in [9.17, 15) is 19.8 Å². The van der Waals surface area contributed by atoms with Gasteiger partial charge in [0.15, 0.2) is 5.78 Å². The molecule has 0 aromatic rings. The first-order chi connectivity index (χ1) is 11.6. The number of hydrogen-bond acceptors (Lipinski definition) is 4. The normalized spacial score (nSPS) is 50.6. The lowest BCUT2D eigenvalue weighted by atomic mass is 9.46. The summed E-state index contributed by atoms with van der Waals surface area (Å²) in [5.74, 6) is 0.922. The fourth-order valence-electron chi connectivity index (χ4n) is 7.11. The molecule has 7 atom stereocenters. The highest BCUT2D eigenvalue weighted by Crippen LogP contribution is 2.66. The fourth-order valence-corrected chi connectivity index (χ4v) is 7.11. The third kappa shape index (κ3) is 2.07. The lowest BCUT2D eigenvalue weighted by Crippen LogP contribution is -2.61. The minimum atomic E-state index is -1.17. The molecule has 0 radical (unpaired) electrons. The highest BCUT2D eigenvalue weighted by molar-refractivity contribution is 5.93. The summed E-state index contributed by atoms with van der Waals surface area (Å²) in [4.78, 5) is 25.2. The van der Waals surface area contributed by atoms with Crippen LogP contribution in [0.15, 0.2) is 11.6 Å². The van der Waals surface area contributed by atoms with Crippen molar-refractivity contribution >= 4 is 11.6 Å². The maximum absolute atomic E-state index is 13.3. The number of allylic oxidation sites excluding steroid dienone is 1. The number of Topliss-reactive ketones (excluding diaryl/α,β-unsaturated/α-hetero) is 1. The minimum absolute atomic E-state index is 0.0324. The standard InChI is InChI=1S/C21H30O4/c1-12(22)21(25)9-7-16-15-5-4-13-10-14(23)6-8-19(13,2)18(15)17(24)11-20(16,21)3/h10,12,15-16,18,22,25H,4-9,11H2,1-3H3/t12-,15-,16-,18+,19-,20-,21-/m0/s1. The number of rotatable bonds is 1. The first-order valence-electron chi connectivity index (χ1n) is 9.80. The predicted octanol–water partition coefficient (Wildman–Crippen LogP) is 2.81. The Balaban J connectivity index is 1.75. The van der Waals surface area contributed by atoms with Gasteiger partial charge in [0.05, 0.1) is 11.7 Å². The molecule has 0 aliphatic heterocycles. The summed E-state index contributed by atoms with van der Waals surface area (Å²) >= 11 is 0. The summed E-state index contributed by atoms with van der Waals surface area (Å²) in [6, 6.07) is 0. The van der Waals surface area contributed by atoms with Crippen LogP contribution in [0.4, 0.5) is 0 Å². The molecule has 0 amide bonds. The molecule has 4 aliphatic carbocycles. The second-order valence-corrected chi connectivity index (χ2v) is 9.54. The third-order valence-corrected chi connectivity index (χ3v) is 8.56. The van der Waals surface area contributed by atoms with E-state index in [1.165, 1.54) is 5.57 Å². The van der Waals surface area contributed by atoms with E-state index in [0.29, 0.717) is 19.3 Å². The van der Waals surface area contributed by atoms with Crippen LogP contribution in [-0.4, -0.2) is 33.5 Å². The average Bonchev–Trinajstić information content (AvgIpc) is 2.80. The van der Waals surface area contributed by atoms with Crippen molar-refractivity contribution < 1.29 is 19.8 Å². The van der Waals surface area contributed by atoms with E-state index < -0.39 is 17.1 Å². The smallest absolute Gasteiger partial charge is 0.155 e. The number of carbonyl (C=O) groups excluding carboxylic acids is 2. The van der Waals surface area contributed by atoms with Gasteiger partial charge >= 0.3 is 0 Å². The van der Waals surface area contributed by atoms with Crippen molar-refractivity contribution in [3.8, 4) is 0 Å². The Morgan fingerprint density at radius 3 is 2.56 bits per heavy atom. The Hall–Kier alpha value is -1.00. The fraction of sp³-hybridized carbons (Fsp3) is 0.810. The summed E-state index contributed by atoms with van der Waals surface area (Å²) < 4.78 is 0. The van der Waals surface area contributed by atoms with Crippen LogP contribution in [0.1, 0.15) is 65.7 Å². The Morgan fingerprint density at radius 1 is 1.16 bits per heavy atom. The van der Waals surface area contributed by atoms with Gasteiger partial charge in [-0.25, -0.2) is 0 Å². The second kappa shape index (κ2) is 5.26. The van der Waals surface area contributed by atoms with E-state index in [0.717, 1.165) is 25.7 Å². The predicted molar refractivity (Wildman–Crippen MR) is 93.7 cm³/mol. The van der Waals surface area contributed by atoms with Crippen molar-refractivity contribution in [3.05, 3.63) is 11.6 Å². The van der Waals surface area contributed by atoms with E-state index in [2.05, 4.69) is 6.92 Å². The van der Waals surface area contributed by atoms with Crippen LogP contribution in [0, 0.1) is 28.6 Å². The van der Waals surface area contributed by atoms with Crippen molar-refractivity contribution in [1.82, 2.24) is 0 Å². The summed E-state index contributed by atoms with van der Waals surface area (Å²) in [7, 11) is 0. The third-order valence-electron chi connectivity index (χ3n) is 8.56. The van der Waals surface area contributed by atoms with E-state index in [1.807, 2.05) is 13.0 Å². The lowest BCUT2D eigenvalue weighted by molar-refractivity contribution is -0.179. The first kappa shape index (κ1) is 17.4. The van der Waals surface area contributed by atoms with Crippen LogP contribution < -0.4 is 0 Å². The first-order valence-corrected chi connectivity index (χ1v) is 9.80. The van der Waals surface area contributed by atoms with Crippen LogP contribution in [0.3, 0.4) is 0 Å². The maximum Gasteiger partial charge on any atom is 0.155 e. The summed E-state index contributed by atoms with van der Waals surface area (Å²) in [6.45, 7) is 5.85. The molecular formula is C21H30O4. The molecule has 3 fully saturated rings. The van der Waals surface area contributed by atoms with Crippen molar-refractivity contribution in [1.29, 1.82) is 0 Å². The summed E-state index contributed by atoms with van der Waals surface area (Å²) in [5, 5.41) is 21.5. The van der Waals surface area contributed by atoms with Gasteiger partial charge in [0.25, 0.3) is 0 Å². The number of fused-ring (bicyclic) bond motifs is 5. The molecule has 0 heterocycles. The highest BCUT2D eigenvalue weighted by Gasteiger charge is 2.67.